The summed E-state index contributed by atoms with van der Waals surface area (Å²) in [5.74, 6) is 0.973. The lowest BCUT2D eigenvalue weighted by atomic mass is 10.1. The first-order valence-electron chi connectivity index (χ1n) is 9.20. The molecule has 2 rings (SSSR count). The van der Waals surface area contributed by atoms with Crippen molar-refractivity contribution in [2.45, 2.75) is 58.0 Å². The smallest absolute Gasteiger partial charge is 0.191 e. The van der Waals surface area contributed by atoms with Crippen molar-refractivity contribution in [3.05, 3.63) is 0 Å². The molecule has 0 aromatic rings. The number of nitrogens with one attached hydrogen (secondary N) is 2. The van der Waals surface area contributed by atoms with Crippen LogP contribution in [0.3, 0.4) is 0 Å². The molecule has 0 unspecified atom stereocenters. The van der Waals surface area contributed by atoms with Crippen molar-refractivity contribution in [3.8, 4) is 0 Å². The summed E-state index contributed by atoms with van der Waals surface area (Å²) in [5.41, 5.74) is 0. The van der Waals surface area contributed by atoms with Crippen LogP contribution in [0, 0.1) is 0 Å². The van der Waals surface area contributed by atoms with Crippen molar-refractivity contribution < 1.29 is 0 Å². The van der Waals surface area contributed by atoms with E-state index >= 15 is 0 Å². The average molecular weight is 437 g/mol. The molecular weight excluding hydrogens is 401 g/mol. The number of nitrogens with zero attached hydrogens (tertiary/aromatic N) is 3. The van der Waals surface area contributed by atoms with Crippen molar-refractivity contribution >= 4 is 29.9 Å². The molecule has 0 aromatic carbocycles. The first-order chi connectivity index (χ1) is 10.8. The van der Waals surface area contributed by atoms with E-state index < -0.39 is 0 Å². The van der Waals surface area contributed by atoms with E-state index in [1.54, 1.807) is 0 Å². The second-order valence-corrected chi connectivity index (χ2v) is 6.62. The van der Waals surface area contributed by atoms with Crippen molar-refractivity contribution in [2.75, 3.05) is 46.3 Å². The molecule has 0 radical (unpaired) electrons. The van der Waals surface area contributed by atoms with Gasteiger partial charge in [0, 0.05) is 45.3 Å². The van der Waals surface area contributed by atoms with E-state index in [2.05, 4.69) is 39.3 Å². The van der Waals surface area contributed by atoms with Gasteiger partial charge in [0.05, 0.1) is 0 Å². The first kappa shape index (κ1) is 21.0. The quantitative estimate of drug-likeness (QED) is 0.347. The van der Waals surface area contributed by atoms with Gasteiger partial charge in [-0.05, 0) is 45.2 Å². The lowest BCUT2D eigenvalue weighted by Crippen LogP contribution is -2.49. The molecule has 23 heavy (non-hydrogen) atoms. The lowest BCUT2D eigenvalue weighted by molar-refractivity contribution is 0.206. The van der Waals surface area contributed by atoms with Gasteiger partial charge in [-0.15, -0.1) is 24.0 Å². The summed E-state index contributed by atoms with van der Waals surface area (Å²) in [7, 11) is 1.88. The van der Waals surface area contributed by atoms with Crippen LogP contribution in [0.2, 0.25) is 0 Å². The summed E-state index contributed by atoms with van der Waals surface area (Å²) in [6, 6.07) is 1.43. The van der Waals surface area contributed by atoms with Gasteiger partial charge in [-0.2, -0.15) is 0 Å². The number of hydrogen-bond acceptors (Lipinski definition) is 3. The van der Waals surface area contributed by atoms with E-state index in [0.29, 0.717) is 6.04 Å². The summed E-state index contributed by atoms with van der Waals surface area (Å²) in [4.78, 5) is 9.53. The molecule has 6 heteroatoms. The number of likely N-dealkylation sites (tertiary alicyclic amines) is 1. The van der Waals surface area contributed by atoms with Crippen LogP contribution >= 0.6 is 24.0 Å². The molecule has 1 saturated heterocycles. The Balaban J connectivity index is 0.00000264. The molecule has 0 bridgehead atoms. The third-order valence-corrected chi connectivity index (χ3v) is 4.85. The van der Waals surface area contributed by atoms with Crippen LogP contribution in [0.5, 0.6) is 0 Å². The third-order valence-electron chi connectivity index (χ3n) is 4.85. The summed E-state index contributed by atoms with van der Waals surface area (Å²) >= 11 is 0. The monoisotopic (exact) mass is 437 g/mol. The molecular formula is C17H36IN5. The predicted octanol–water partition coefficient (Wildman–Crippen LogP) is 2.13. The standard InChI is InChI=1S/C17H35N5.HI/c1-4-11-21-12-8-15(9-13-21)20-17(18-3)19-10-14-22(5-2)16-6-7-16;/h15-16H,4-14H2,1-3H3,(H2,18,19,20);1H. The Morgan fingerprint density at radius 1 is 1.17 bits per heavy atom. The minimum atomic E-state index is 0. The summed E-state index contributed by atoms with van der Waals surface area (Å²) in [6.45, 7) is 11.5. The molecule has 1 saturated carbocycles. The maximum atomic E-state index is 4.38. The number of halogens is 1. The number of hydrogen-bond donors (Lipinski definition) is 2. The molecule has 2 aliphatic rings. The van der Waals surface area contributed by atoms with Gasteiger partial charge in [-0.25, -0.2) is 0 Å². The molecule has 136 valence electrons. The average Bonchev–Trinajstić information content (AvgIpc) is 3.37. The van der Waals surface area contributed by atoms with Crippen molar-refractivity contribution in [1.29, 1.82) is 0 Å². The van der Waals surface area contributed by atoms with Crippen LogP contribution in [-0.4, -0.2) is 74.2 Å². The minimum absolute atomic E-state index is 0. The van der Waals surface area contributed by atoms with Crippen LogP contribution < -0.4 is 10.6 Å². The number of piperidine rings is 1. The summed E-state index contributed by atoms with van der Waals surface area (Å²) in [5, 5.41) is 7.08. The van der Waals surface area contributed by atoms with Gasteiger partial charge in [0.15, 0.2) is 5.96 Å². The van der Waals surface area contributed by atoms with E-state index in [9.17, 15) is 0 Å². The largest absolute Gasteiger partial charge is 0.355 e. The normalized spacial score (nSPS) is 20.4. The Morgan fingerprint density at radius 3 is 2.39 bits per heavy atom. The lowest BCUT2D eigenvalue weighted by Gasteiger charge is -2.33. The highest BCUT2D eigenvalue weighted by Crippen LogP contribution is 2.25. The number of guanidine groups is 1. The van der Waals surface area contributed by atoms with E-state index in [1.165, 1.54) is 51.7 Å². The highest BCUT2D eigenvalue weighted by Gasteiger charge is 2.27. The van der Waals surface area contributed by atoms with Gasteiger partial charge in [-0.1, -0.05) is 13.8 Å². The molecule has 2 N–H and O–H groups in total. The van der Waals surface area contributed by atoms with E-state index in [4.69, 9.17) is 0 Å². The molecule has 5 nitrogen and oxygen atoms in total. The number of likely N-dealkylation sites (N-methyl/N-ethyl adjacent to an activating group) is 1. The maximum Gasteiger partial charge on any atom is 0.191 e. The second kappa shape index (κ2) is 11.5. The van der Waals surface area contributed by atoms with Crippen LogP contribution in [0.15, 0.2) is 4.99 Å². The van der Waals surface area contributed by atoms with E-state index in [-0.39, 0.29) is 24.0 Å². The second-order valence-electron chi connectivity index (χ2n) is 6.62. The van der Waals surface area contributed by atoms with Crippen molar-refractivity contribution in [2.24, 2.45) is 4.99 Å². The molecule has 1 aliphatic heterocycles. The van der Waals surface area contributed by atoms with Crippen LogP contribution in [0.1, 0.15) is 46.0 Å². The van der Waals surface area contributed by atoms with Gasteiger partial charge in [0.2, 0.25) is 0 Å². The molecule has 0 atom stereocenters. The highest BCUT2D eigenvalue weighted by molar-refractivity contribution is 14.0. The minimum Gasteiger partial charge on any atom is -0.355 e. The Labute approximate surface area is 159 Å². The maximum absolute atomic E-state index is 4.38. The zero-order valence-corrected chi connectivity index (χ0v) is 17.5. The Hall–Kier alpha value is -0.0800. The Morgan fingerprint density at radius 2 is 1.87 bits per heavy atom. The van der Waals surface area contributed by atoms with Gasteiger partial charge in [0.1, 0.15) is 0 Å². The molecule has 1 heterocycles. The van der Waals surface area contributed by atoms with Crippen LogP contribution in [0.4, 0.5) is 0 Å². The van der Waals surface area contributed by atoms with E-state index in [0.717, 1.165) is 31.6 Å². The predicted molar refractivity (Wildman–Crippen MR) is 110 cm³/mol. The SMILES string of the molecule is CCCN1CCC(NC(=NC)NCCN(CC)C2CC2)CC1.I. The number of rotatable bonds is 8. The first-order valence-corrected chi connectivity index (χ1v) is 9.20. The molecule has 1 aliphatic carbocycles. The fourth-order valence-corrected chi connectivity index (χ4v) is 3.36. The molecule has 0 amide bonds. The Kier molecular flexibility index (Phi) is 10.5. The highest BCUT2D eigenvalue weighted by atomic mass is 127. The summed E-state index contributed by atoms with van der Waals surface area (Å²) in [6.07, 6.45) is 6.48. The Bertz CT molecular complexity index is 338. The molecule has 0 spiro atoms. The number of aliphatic imine (C=N–C) groups is 1. The fraction of sp³-hybridized carbons (Fsp3) is 0.941. The molecule has 2 fully saturated rings. The van der Waals surface area contributed by atoms with Gasteiger partial charge in [0.25, 0.3) is 0 Å². The van der Waals surface area contributed by atoms with Crippen molar-refractivity contribution in [1.82, 2.24) is 20.4 Å². The summed E-state index contributed by atoms with van der Waals surface area (Å²) < 4.78 is 0. The zero-order valence-electron chi connectivity index (χ0n) is 15.2. The van der Waals surface area contributed by atoms with Crippen LogP contribution in [-0.2, 0) is 0 Å². The van der Waals surface area contributed by atoms with Gasteiger partial charge < -0.3 is 15.5 Å². The third kappa shape index (κ3) is 7.56. The fourth-order valence-electron chi connectivity index (χ4n) is 3.36. The van der Waals surface area contributed by atoms with Gasteiger partial charge in [-0.3, -0.25) is 9.89 Å². The molecule has 0 aromatic heterocycles. The van der Waals surface area contributed by atoms with Gasteiger partial charge >= 0.3 is 0 Å². The zero-order chi connectivity index (χ0) is 15.8. The topological polar surface area (TPSA) is 42.9 Å². The van der Waals surface area contributed by atoms with E-state index in [1.807, 2.05) is 7.05 Å². The van der Waals surface area contributed by atoms with Crippen molar-refractivity contribution in [3.63, 3.8) is 0 Å². The van der Waals surface area contributed by atoms with Crippen LogP contribution in [0.25, 0.3) is 0 Å².